The van der Waals surface area contributed by atoms with Gasteiger partial charge in [0.05, 0.1) is 16.8 Å². The third kappa shape index (κ3) is 3.41. The highest BCUT2D eigenvalue weighted by Crippen LogP contribution is 2.34. The zero-order valence-electron chi connectivity index (χ0n) is 13.9. The number of thiophene rings is 1. The average Bonchev–Trinajstić information content (AvgIpc) is 3.36. The van der Waals surface area contributed by atoms with E-state index in [0.717, 1.165) is 15.4 Å². The van der Waals surface area contributed by atoms with Crippen LogP contribution in [0.25, 0.3) is 21.3 Å². The van der Waals surface area contributed by atoms with Crippen molar-refractivity contribution >= 4 is 45.0 Å². The molecule has 0 aromatic carbocycles. The molecule has 0 saturated heterocycles. The van der Waals surface area contributed by atoms with Crippen molar-refractivity contribution < 1.29 is 4.79 Å². The Balaban J connectivity index is 1.53. The molecule has 0 unspecified atom stereocenters. The van der Waals surface area contributed by atoms with Crippen molar-refractivity contribution in [2.75, 3.05) is 5.32 Å². The fourth-order valence-electron chi connectivity index (χ4n) is 2.31. The number of rotatable bonds is 4. The van der Waals surface area contributed by atoms with E-state index in [1.807, 2.05) is 6.92 Å². The highest BCUT2D eigenvalue weighted by Gasteiger charge is 2.17. The van der Waals surface area contributed by atoms with E-state index in [1.165, 1.54) is 27.6 Å². The number of aryl methyl sites for hydroxylation is 2. The third-order valence-electron chi connectivity index (χ3n) is 3.51. The molecule has 0 aliphatic carbocycles. The molecular formula is C17H13N5OS3. The van der Waals surface area contributed by atoms with E-state index in [-0.39, 0.29) is 5.91 Å². The number of amides is 1. The van der Waals surface area contributed by atoms with Crippen molar-refractivity contribution in [3.63, 3.8) is 0 Å². The number of carbonyl (C=O) groups is 1. The lowest BCUT2D eigenvalue weighted by atomic mass is 10.3. The fraction of sp³-hybridized carbons (Fsp3) is 0.118. The van der Waals surface area contributed by atoms with Gasteiger partial charge in [0.2, 0.25) is 0 Å². The molecule has 9 heteroatoms. The van der Waals surface area contributed by atoms with E-state index < -0.39 is 0 Å². The first-order chi connectivity index (χ1) is 12.6. The molecule has 0 saturated carbocycles. The fourth-order valence-corrected chi connectivity index (χ4v) is 4.87. The van der Waals surface area contributed by atoms with Gasteiger partial charge >= 0.3 is 0 Å². The number of nitrogens with zero attached hydrogens (tertiary/aromatic N) is 4. The Morgan fingerprint density at radius 2 is 2.00 bits per heavy atom. The van der Waals surface area contributed by atoms with E-state index in [4.69, 9.17) is 0 Å². The van der Waals surface area contributed by atoms with Gasteiger partial charge in [-0.1, -0.05) is 0 Å². The van der Waals surface area contributed by atoms with Crippen LogP contribution in [-0.2, 0) is 0 Å². The quantitative estimate of drug-likeness (QED) is 0.540. The second-order valence-corrected chi connectivity index (χ2v) is 8.77. The smallest absolute Gasteiger partial charge is 0.276 e. The van der Waals surface area contributed by atoms with E-state index in [0.29, 0.717) is 21.5 Å². The third-order valence-corrected chi connectivity index (χ3v) is 6.27. The van der Waals surface area contributed by atoms with Crippen LogP contribution in [0.1, 0.15) is 20.2 Å². The van der Waals surface area contributed by atoms with Crippen molar-refractivity contribution in [2.45, 2.75) is 13.8 Å². The zero-order chi connectivity index (χ0) is 18.1. The molecule has 4 aromatic heterocycles. The number of hydrogen-bond acceptors (Lipinski definition) is 8. The molecule has 130 valence electrons. The Morgan fingerprint density at radius 3 is 2.73 bits per heavy atom. The van der Waals surface area contributed by atoms with Crippen LogP contribution in [0.5, 0.6) is 0 Å². The van der Waals surface area contributed by atoms with Crippen LogP contribution < -0.4 is 5.32 Å². The maximum Gasteiger partial charge on any atom is 0.276 e. The van der Waals surface area contributed by atoms with E-state index in [2.05, 4.69) is 44.3 Å². The Bertz CT molecular complexity index is 1070. The van der Waals surface area contributed by atoms with Gasteiger partial charge in [-0.05, 0) is 26.0 Å². The van der Waals surface area contributed by atoms with Crippen LogP contribution in [-0.4, -0.2) is 25.8 Å². The van der Waals surface area contributed by atoms with Crippen molar-refractivity contribution in [1.29, 1.82) is 0 Å². The van der Waals surface area contributed by atoms with Gasteiger partial charge in [-0.2, -0.15) is 0 Å². The molecule has 4 rings (SSSR count). The lowest BCUT2D eigenvalue weighted by molar-refractivity contribution is 0.102. The minimum atomic E-state index is -0.279. The maximum atomic E-state index is 12.5. The van der Waals surface area contributed by atoms with Crippen LogP contribution in [0.2, 0.25) is 0 Å². The van der Waals surface area contributed by atoms with Crippen molar-refractivity contribution in [3.05, 3.63) is 51.6 Å². The topological polar surface area (TPSA) is 80.7 Å². The standard InChI is InChI=1S/C17H13N5OS3/c1-9-3-4-13(25-9)14-10(2)26-17(21-14)22-15(23)12-8-24-16(20-12)11-7-18-5-6-19-11/h3-8H,1-2H3,(H,21,22,23). The van der Waals surface area contributed by atoms with Gasteiger partial charge < -0.3 is 0 Å². The Morgan fingerprint density at radius 1 is 1.12 bits per heavy atom. The van der Waals surface area contributed by atoms with Crippen LogP contribution in [0.3, 0.4) is 0 Å². The van der Waals surface area contributed by atoms with Crippen molar-refractivity contribution in [2.24, 2.45) is 0 Å². The van der Waals surface area contributed by atoms with Crippen LogP contribution in [0.4, 0.5) is 5.13 Å². The minimum absolute atomic E-state index is 0.279. The maximum absolute atomic E-state index is 12.5. The number of hydrogen-bond donors (Lipinski definition) is 1. The first-order valence-electron chi connectivity index (χ1n) is 7.67. The summed E-state index contributed by atoms with van der Waals surface area (Å²) in [4.78, 5) is 33.0. The highest BCUT2D eigenvalue weighted by atomic mass is 32.1. The number of anilines is 1. The summed E-state index contributed by atoms with van der Waals surface area (Å²) in [6.07, 6.45) is 4.82. The number of nitrogens with one attached hydrogen (secondary N) is 1. The Labute approximate surface area is 161 Å². The van der Waals surface area contributed by atoms with Gasteiger partial charge in [-0.25, -0.2) is 9.97 Å². The molecular weight excluding hydrogens is 386 g/mol. The van der Waals surface area contributed by atoms with Gasteiger partial charge in [-0.15, -0.1) is 34.0 Å². The molecule has 0 aliphatic heterocycles. The predicted octanol–water partition coefficient (Wildman–Crippen LogP) is 4.65. The first-order valence-corrected chi connectivity index (χ1v) is 10.2. The second-order valence-electron chi connectivity index (χ2n) is 5.42. The molecule has 0 spiro atoms. The molecule has 0 radical (unpaired) electrons. The van der Waals surface area contributed by atoms with Gasteiger partial charge in [0.15, 0.2) is 5.13 Å². The summed E-state index contributed by atoms with van der Waals surface area (Å²) in [5.74, 6) is -0.279. The highest BCUT2D eigenvalue weighted by molar-refractivity contribution is 7.18. The molecule has 0 aliphatic rings. The van der Waals surface area contributed by atoms with Gasteiger partial charge in [0.1, 0.15) is 16.4 Å². The predicted molar refractivity (Wildman–Crippen MR) is 106 cm³/mol. The van der Waals surface area contributed by atoms with Gasteiger partial charge in [0, 0.05) is 27.5 Å². The van der Waals surface area contributed by atoms with Crippen molar-refractivity contribution in [3.8, 4) is 21.3 Å². The van der Waals surface area contributed by atoms with Crippen LogP contribution in [0.15, 0.2) is 36.1 Å². The molecule has 0 atom stereocenters. The second kappa shape index (κ2) is 7.02. The molecule has 1 N–H and O–H groups in total. The van der Waals surface area contributed by atoms with Crippen molar-refractivity contribution in [1.82, 2.24) is 19.9 Å². The minimum Gasteiger partial charge on any atom is -0.296 e. The first kappa shape index (κ1) is 17.0. The lowest BCUT2D eigenvalue weighted by Crippen LogP contribution is -2.12. The van der Waals surface area contributed by atoms with Gasteiger partial charge in [-0.3, -0.25) is 20.1 Å². The van der Waals surface area contributed by atoms with E-state index in [1.54, 1.807) is 35.3 Å². The summed E-state index contributed by atoms with van der Waals surface area (Å²) in [5.41, 5.74) is 1.91. The normalized spacial score (nSPS) is 10.8. The molecule has 6 nitrogen and oxygen atoms in total. The average molecular weight is 400 g/mol. The summed E-state index contributed by atoms with van der Waals surface area (Å²) >= 11 is 4.51. The summed E-state index contributed by atoms with van der Waals surface area (Å²) in [7, 11) is 0. The Kier molecular flexibility index (Phi) is 4.58. The SMILES string of the molecule is Cc1ccc(-c2nc(NC(=O)c3csc(-c4cnccn4)n3)sc2C)s1. The Hall–Kier alpha value is -2.49. The number of aromatic nitrogens is 4. The molecule has 4 heterocycles. The van der Waals surface area contributed by atoms with Crippen LogP contribution in [0, 0.1) is 13.8 Å². The largest absolute Gasteiger partial charge is 0.296 e. The van der Waals surface area contributed by atoms with Crippen LogP contribution >= 0.6 is 34.0 Å². The van der Waals surface area contributed by atoms with E-state index in [9.17, 15) is 4.79 Å². The molecule has 1 amide bonds. The molecule has 26 heavy (non-hydrogen) atoms. The summed E-state index contributed by atoms with van der Waals surface area (Å²) in [5, 5.41) is 5.79. The number of carbonyl (C=O) groups excluding carboxylic acids is 1. The van der Waals surface area contributed by atoms with E-state index >= 15 is 0 Å². The molecule has 4 aromatic rings. The summed E-state index contributed by atoms with van der Waals surface area (Å²) in [6, 6.07) is 4.13. The summed E-state index contributed by atoms with van der Waals surface area (Å²) in [6.45, 7) is 4.07. The number of thiazole rings is 2. The lowest BCUT2D eigenvalue weighted by Gasteiger charge is -1.97. The molecule has 0 bridgehead atoms. The summed E-state index contributed by atoms with van der Waals surface area (Å²) < 4.78 is 0. The monoisotopic (exact) mass is 399 g/mol. The molecule has 0 fully saturated rings. The zero-order valence-corrected chi connectivity index (χ0v) is 16.3. The van der Waals surface area contributed by atoms with Gasteiger partial charge in [0.25, 0.3) is 5.91 Å².